The summed E-state index contributed by atoms with van der Waals surface area (Å²) < 4.78 is 17.9. The molecule has 17 N–H and O–H groups in total. The minimum absolute atomic E-state index is 0.0183. The maximum Gasteiger partial charge on any atom is 0.305 e. The van der Waals surface area contributed by atoms with Crippen molar-refractivity contribution < 1.29 is 106 Å². The number of hydrogen-bond donors (Lipinski definition) is 15. The Labute approximate surface area is 841 Å². The maximum atomic E-state index is 15.8. The Morgan fingerprint density at radius 3 is 1.43 bits per heavy atom. The highest BCUT2D eigenvalue weighted by Crippen LogP contribution is 2.33. The highest BCUT2D eigenvalue weighted by Gasteiger charge is 2.44. The number of hydrogen-bond acceptors (Lipinski definition) is 25. The van der Waals surface area contributed by atoms with Crippen LogP contribution in [0.5, 0.6) is 17.2 Å². The number of carboxylic acid groups (broad SMARTS) is 1. The molecule has 2 aromatic heterocycles. The topological polar surface area (TPSA) is 563 Å². The number of ether oxygens (including phenoxy) is 3. The van der Waals surface area contributed by atoms with Crippen molar-refractivity contribution >= 4 is 157 Å². The van der Waals surface area contributed by atoms with Gasteiger partial charge in [0.15, 0.2) is 5.78 Å². The van der Waals surface area contributed by atoms with E-state index in [-0.39, 0.29) is 150 Å². The van der Waals surface area contributed by atoms with Gasteiger partial charge in [0, 0.05) is 165 Å². The van der Waals surface area contributed by atoms with Crippen LogP contribution in [0.15, 0.2) is 116 Å². The zero-order valence-electron chi connectivity index (χ0n) is 81.4. The summed E-state index contributed by atoms with van der Waals surface area (Å²) in [5.74, 6) is -17.3. The van der Waals surface area contributed by atoms with Crippen molar-refractivity contribution in [2.45, 2.75) is 224 Å². The van der Waals surface area contributed by atoms with Gasteiger partial charge < -0.3 is 113 Å². The van der Waals surface area contributed by atoms with Crippen molar-refractivity contribution in [3.63, 3.8) is 0 Å². The van der Waals surface area contributed by atoms with E-state index in [9.17, 15) is 53.4 Å². The van der Waals surface area contributed by atoms with Crippen LogP contribution in [0, 0.1) is 23.7 Å². The second-order valence-corrected chi connectivity index (χ2v) is 41.1. The van der Waals surface area contributed by atoms with E-state index in [1.807, 2.05) is 18.2 Å². The van der Waals surface area contributed by atoms with Crippen LogP contribution in [0.4, 0.5) is 0 Å². The number of benzene rings is 5. The van der Waals surface area contributed by atoms with Gasteiger partial charge in [-0.2, -0.15) is 35.3 Å². The first kappa shape index (κ1) is 109. The molecule has 5 aliphatic rings. The monoisotopic (exact) mass is 2030 g/mol. The molecular weight excluding hydrogens is 1900 g/mol. The summed E-state index contributed by atoms with van der Waals surface area (Å²) in [5.41, 5.74) is 17.9. The normalized spacial score (nSPS) is 24.1. The number of nitrogens with one attached hydrogen (secondary N) is 11. The fraction of sp³-hybridized carbons (Fsp3) is 0.495. The molecule has 2 fully saturated rings. The fourth-order valence-corrected chi connectivity index (χ4v) is 21.3. The molecule has 768 valence electrons. The number of aromatic nitrogens is 2. The predicted octanol–water partition coefficient (Wildman–Crippen LogP) is 3.76. The first-order chi connectivity index (χ1) is 68.4. The van der Waals surface area contributed by atoms with E-state index in [0.717, 1.165) is 23.5 Å². The van der Waals surface area contributed by atoms with Crippen LogP contribution in [0.1, 0.15) is 150 Å². The molecule has 14 amide bonds. The van der Waals surface area contributed by atoms with Crippen LogP contribution in [0.3, 0.4) is 0 Å². The molecule has 0 unspecified atom stereocenters. The zero-order chi connectivity index (χ0) is 103. The summed E-state index contributed by atoms with van der Waals surface area (Å²) in [6.07, 6.45) is -0.848. The Kier molecular flexibility index (Phi) is 39.0. The van der Waals surface area contributed by atoms with Gasteiger partial charge in [-0.15, -0.1) is 0 Å². The van der Waals surface area contributed by atoms with Crippen LogP contribution in [-0.2, 0) is 134 Å². The van der Waals surface area contributed by atoms with Gasteiger partial charge in [0.1, 0.15) is 77.4 Å². The van der Waals surface area contributed by atoms with Gasteiger partial charge in [0.05, 0.1) is 52.4 Å². The fourth-order valence-electron chi connectivity index (χ4n) is 18.3. The van der Waals surface area contributed by atoms with Crippen molar-refractivity contribution in [1.82, 2.24) is 77.4 Å². The second-order valence-electron chi connectivity index (χ2n) is 37.7. The Morgan fingerprint density at radius 2 is 0.951 bits per heavy atom. The molecule has 1 aliphatic carbocycles. The lowest BCUT2D eigenvalue weighted by atomic mass is 9.85. The number of carboxylic acids is 1. The average Bonchev–Trinajstić information content (AvgIpc) is 1.53. The van der Waals surface area contributed by atoms with Crippen LogP contribution in [0.2, 0.25) is 0 Å². The van der Waals surface area contributed by atoms with Crippen molar-refractivity contribution in [1.29, 1.82) is 0 Å². The molecule has 12 bridgehead atoms. The summed E-state index contributed by atoms with van der Waals surface area (Å²) in [4.78, 5) is 263. The number of aromatic amines is 2. The molecule has 13 atom stereocenters. The van der Waals surface area contributed by atoms with Gasteiger partial charge in [-0.05, 0) is 144 Å². The van der Waals surface area contributed by atoms with E-state index in [1.165, 1.54) is 58.8 Å². The summed E-state index contributed by atoms with van der Waals surface area (Å²) in [5, 5.41) is 47.5. The Bertz CT molecular complexity index is 5850. The molecule has 6 heterocycles. The first-order valence-electron chi connectivity index (χ1n) is 48.1. The van der Waals surface area contributed by atoms with Gasteiger partial charge in [-0.1, -0.05) is 82.3 Å². The number of aliphatic carboxylic acids is 1. The van der Waals surface area contributed by atoms with Crippen LogP contribution >= 0.6 is 35.3 Å². The summed E-state index contributed by atoms with van der Waals surface area (Å²) >= 11 is 3.39. The van der Waals surface area contributed by atoms with E-state index in [2.05, 4.69) is 57.8 Å². The SMILES string of the molecule is COc1cc2cc(c1)CN1Cc3cc(cc(OC)c3)CN3Cc4cc(cc(OC)c4)CN(C2)C(=O)CCSC[C@H](CC(=O)[C@H](C)N)C(=O)N[C@@H]2C(=O)C[C@@H](CCC[C@H]2O)C(=O)N[C@@H](CSCCC3=O)C(=O)N[C@@H](Cc2c[nH]c3ccccc23)C(=O)N[C@@H](C(C)C)C(=O)N[C@@H](CC(=O)O)C(=O)NCC(=O)N[C@@H](Cc2c[nH]c3ccccc23)C(=O)N[C@@H](C(C)C)C(=O)N2CCC[C@H]2C(=O)N[C@H](C(N)=O)CSCCC1=O. The Morgan fingerprint density at radius 1 is 0.483 bits per heavy atom. The highest BCUT2D eigenvalue weighted by atomic mass is 32.2. The number of amides is 14. The van der Waals surface area contributed by atoms with Crippen LogP contribution in [0.25, 0.3) is 21.8 Å². The molecule has 4 aliphatic heterocycles. The largest absolute Gasteiger partial charge is 0.497 e. The van der Waals surface area contributed by atoms with Gasteiger partial charge in [0.2, 0.25) is 82.7 Å². The third kappa shape index (κ3) is 30.1. The van der Waals surface area contributed by atoms with Crippen molar-refractivity contribution in [2.24, 2.45) is 35.1 Å². The number of carbonyl (C=O) groups is 17. The molecule has 7 aromatic rings. The molecule has 0 radical (unpaired) electrons. The molecular formula is C101H129N17O22S3. The number of nitrogens with zero attached hydrogens (tertiary/aromatic N) is 4. The summed E-state index contributed by atoms with van der Waals surface area (Å²) in [6.45, 7) is 6.57. The Balaban J connectivity index is 0.951. The smallest absolute Gasteiger partial charge is 0.305 e. The van der Waals surface area contributed by atoms with Gasteiger partial charge in [-0.25, -0.2) is 0 Å². The van der Waals surface area contributed by atoms with Gasteiger partial charge in [0.25, 0.3) is 0 Å². The number of nitrogens with two attached hydrogens (primary N) is 2. The Hall–Kier alpha value is -13.1. The number of thioether (sulfide) groups is 3. The lowest BCUT2D eigenvalue weighted by molar-refractivity contribution is -0.143. The van der Waals surface area contributed by atoms with E-state index >= 15 is 38.4 Å². The molecule has 5 aromatic carbocycles. The van der Waals surface area contributed by atoms with E-state index in [1.54, 1.807) is 126 Å². The number of H-pyrrole nitrogens is 2. The summed E-state index contributed by atoms with van der Waals surface area (Å²) in [7, 11) is 4.43. The van der Waals surface area contributed by atoms with Crippen LogP contribution < -0.4 is 73.5 Å². The highest BCUT2D eigenvalue weighted by molar-refractivity contribution is 7.99. The third-order valence-electron chi connectivity index (χ3n) is 26.1. The third-order valence-corrected chi connectivity index (χ3v) is 29.4. The molecule has 0 spiro atoms. The predicted molar refractivity (Wildman–Crippen MR) is 536 cm³/mol. The van der Waals surface area contributed by atoms with Crippen LogP contribution in [-0.4, -0.2) is 275 Å². The lowest BCUT2D eigenvalue weighted by Crippen LogP contribution is -2.61. The number of carbonyl (C=O) groups excluding carboxylic acids is 16. The van der Waals surface area contributed by atoms with E-state index in [4.69, 9.17) is 25.7 Å². The van der Waals surface area contributed by atoms with Crippen molar-refractivity contribution in [3.05, 3.63) is 160 Å². The maximum absolute atomic E-state index is 15.8. The number of para-hydroxylation sites is 2. The molecule has 39 nitrogen and oxygen atoms in total. The number of methoxy groups -OCH3 is 3. The zero-order valence-corrected chi connectivity index (χ0v) is 83.9. The molecule has 1 saturated heterocycles. The minimum atomic E-state index is -1.95. The van der Waals surface area contributed by atoms with Gasteiger partial charge in [-0.3, -0.25) is 81.5 Å². The van der Waals surface area contributed by atoms with E-state index in [0.29, 0.717) is 90.0 Å². The number of Topliss-reactive ketones (excluding diaryl/α,β-unsaturated/α-hetero) is 2. The molecule has 12 rings (SSSR count). The average molecular weight is 2030 g/mol. The number of fused-ring (bicyclic) bond motifs is 15. The standard InChI is InChI=1S/C101H129N17O22S3/c1-55(2)89-100(136)109-77(42-88(126)127)95(131)106-45-84(122)107-75(38-65-43-104-73-18-11-9-16-71(65)73)96(132)113-90(56(3)4)101(137)118-25-14-20-80(118)99(135)110-78(92(103)128)53-142-27-23-86(124)116-48-60-29-58(32-68(34-60)138-6)46-115-47-59-30-62(36-69(33-59)139-7)50-117(51-63-31-61(49-116)35-70(37-63)140-8)87(125)24-28-143-54-79(98(134)108-76(97(133)112-89)39-66-44-105-74-19-12-10-17-72(66)74)111-93(129)64-15-13-21-81(119)91(83(121)40-64)114-94(130)67(41-82(120)57(5)102)52-141-26-22-85(115)123/h9-12,16-19,29-37,43-44,55-57,64,67,75-81,89-91,104-105,119H,13-15,20-28,38-42,45-54,102H2,1-8H3,(H2,103,128)(H,106,131)(H,107,122)(H,108,134)(H,109,136)(H,110,135)(H,111,129)(H,112,133)(H,113,132)(H,114,130)(H,126,127)/t57-,64+,67-,75-,76-,77-,78-,79-,80-,81+,89-,90-,91-/m0/s1. The summed E-state index contributed by atoms with van der Waals surface area (Å²) in [6, 6.07) is 15.4. The second kappa shape index (κ2) is 51.2. The number of rotatable bonds is 15. The number of aliphatic hydroxyl groups excluding tert-OH is 1. The van der Waals surface area contributed by atoms with Crippen molar-refractivity contribution in [3.8, 4) is 17.2 Å². The number of primary amides is 1. The molecule has 42 heteroatoms. The quantitative estimate of drug-likeness (QED) is 0.0695. The number of aliphatic hydroxyl groups is 1. The van der Waals surface area contributed by atoms with Gasteiger partial charge >= 0.3 is 5.97 Å². The minimum Gasteiger partial charge on any atom is -0.497 e. The number of ketones is 2. The lowest BCUT2D eigenvalue weighted by Gasteiger charge is -2.32. The first-order valence-corrected chi connectivity index (χ1v) is 51.5. The van der Waals surface area contributed by atoms with Crippen molar-refractivity contribution in [2.75, 3.05) is 68.9 Å². The molecule has 143 heavy (non-hydrogen) atoms. The van der Waals surface area contributed by atoms with E-state index < -0.39 is 204 Å². The molecule has 1 saturated carbocycles.